The molecule has 1 aromatic rings. The summed E-state index contributed by atoms with van der Waals surface area (Å²) in [6.07, 6.45) is 3.82. The van der Waals surface area contributed by atoms with Gasteiger partial charge in [0.25, 0.3) is 0 Å². The molecule has 1 nitrogen and oxygen atoms in total. The van der Waals surface area contributed by atoms with Crippen LogP contribution in [0.3, 0.4) is 0 Å². The first-order valence-electron chi connectivity index (χ1n) is 4.13. The number of aryl methyl sites for hydroxylation is 1. The minimum absolute atomic E-state index is 0.639. The van der Waals surface area contributed by atoms with E-state index in [-0.39, 0.29) is 0 Å². The van der Waals surface area contributed by atoms with E-state index >= 15 is 0 Å². The van der Waals surface area contributed by atoms with Crippen LogP contribution in [0.25, 0.3) is 0 Å². The van der Waals surface area contributed by atoms with Crippen LogP contribution >= 0.6 is 0 Å². The van der Waals surface area contributed by atoms with Crippen molar-refractivity contribution in [3.63, 3.8) is 0 Å². The zero-order chi connectivity index (χ0) is 8.81. The summed E-state index contributed by atoms with van der Waals surface area (Å²) in [5.74, 6) is 0.814. The number of benzene rings is 1. The van der Waals surface area contributed by atoms with E-state index in [4.69, 9.17) is 0 Å². The minimum Gasteiger partial charge on any atom is -0.617 e. The average Bonchev–Trinajstić information content (AvgIpc) is 2.05. The molecule has 1 atom stereocenters. The highest BCUT2D eigenvalue weighted by atomic mass is 32.2. The van der Waals surface area contributed by atoms with Gasteiger partial charge in [-0.2, -0.15) is 0 Å². The van der Waals surface area contributed by atoms with Crippen LogP contribution in [-0.2, 0) is 17.6 Å². The van der Waals surface area contributed by atoms with Crippen molar-refractivity contribution in [2.24, 2.45) is 0 Å². The lowest BCUT2D eigenvalue weighted by molar-refractivity contribution is 0.598. The van der Waals surface area contributed by atoms with Crippen molar-refractivity contribution in [2.45, 2.75) is 12.8 Å². The van der Waals surface area contributed by atoms with Crippen LogP contribution in [0.1, 0.15) is 12.0 Å². The van der Waals surface area contributed by atoms with Gasteiger partial charge in [0, 0.05) is 0 Å². The third-order valence-corrected chi connectivity index (χ3v) is 2.60. The molecule has 1 unspecified atom stereocenters. The first-order valence-corrected chi connectivity index (χ1v) is 5.86. The van der Waals surface area contributed by atoms with E-state index in [2.05, 4.69) is 12.1 Å². The third-order valence-electron chi connectivity index (χ3n) is 1.74. The predicted molar refractivity (Wildman–Crippen MR) is 53.7 cm³/mol. The molecule has 2 heteroatoms. The van der Waals surface area contributed by atoms with E-state index in [1.165, 1.54) is 5.56 Å². The molecular weight excluding hydrogens is 168 g/mol. The van der Waals surface area contributed by atoms with Crippen molar-refractivity contribution < 1.29 is 4.55 Å². The number of hydrogen-bond donors (Lipinski definition) is 0. The summed E-state index contributed by atoms with van der Waals surface area (Å²) in [7, 11) is 0. The molecule has 0 saturated heterocycles. The molecule has 0 heterocycles. The molecule has 0 spiro atoms. The molecule has 66 valence electrons. The molecule has 0 fully saturated rings. The van der Waals surface area contributed by atoms with E-state index < -0.39 is 11.2 Å². The molecule has 0 radical (unpaired) electrons. The van der Waals surface area contributed by atoms with Crippen molar-refractivity contribution in [1.29, 1.82) is 0 Å². The molecular formula is C10H14OS. The summed E-state index contributed by atoms with van der Waals surface area (Å²) < 4.78 is 10.7. The second kappa shape index (κ2) is 5.22. The quantitative estimate of drug-likeness (QED) is 0.653. The van der Waals surface area contributed by atoms with Gasteiger partial charge in [-0.05, 0) is 18.4 Å². The molecule has 0 amide bonds. The summed E-state index contributed by atoms with van der Waals surface area (Å²) in [5, 5.41) is 0. The van der Waals surface area contributed by atoms with Crippen molar-refractivity contribution in [3.8, 4) is 0 Å². The molecule has 0 aromatic heterocycles. The Morgan fingerprint density at radius 2 is 1.92 bits per heavy atom. The van der Waals surface area contributed by atoms with E-state index in [0.29, 0.717) is 0 Å². The molecule has 12 heavy (non-hydrogen) atoms. The maximum Gasteiger partial charge on any atom is 0.105 e. The zero-order valence-electron chi connectivity index (χ0n) is 7.32. The van der Waals surface area contributed by atoms with Crippen molar-refractivity contribution in [2.75, 3.05) is 12.0 Å². The summed E-state index contributed by atoms with van der Waals surface area (Å²) in [4.78, 5) is 0. The highest BCUT2D eigenvalue weighted by molar-refractivity contribution is 7.90. The highest BCUT2D eigenvalue weighted by Gasteiger charge is 1.97. The first kappa shape index (κ1) is 9.62. The maximum atomic E-state index is 10.7. The van der Waals surface area contributed by atoms with Crippen LogP contribution in [0.2, 0.25) is 0 Å². The van der Waals surface area contributed by atoms with E-state index in [9.17, 15) is 4.55 Å². The van der Waals surface area contributed by atoms with Crippen LogP contribution in [0.4, 0.5) is 0 Å². The Hall–Kier alpha value is -0.470. The lowest BCUT2D eigenvalue weighted by Crippen LogP contribution is -2.03. The predicted octanol–water partition coefficient (Wildman–Crippen LogP) is 2.00. The fourth-order valence-electron chi connectivity index (χ4n) is 1.12. The Balaban J connectivity index is 2.25. The van der Waals surface area contributed by atoms with Gasteiger partial charge in [0.15, 0.2) is 0 Å². The van der Waals surface area contributed by atoms with Crippen LogP contribution in [0.5, 0.6) is 0 Å². The van der Waals surface area contributed by atoms with Gasteiger partial charge in [0.1, 0.15) is 5.75 Å². The number of hydrogen-bond acceptors (Lipinski definition) is 1. The Bertz CT molecular complexity index is 208. The van der Waals surface area contributed by atoms with Crippen LogP contribution in [-0.4, -0.2) is 16.6 Å². The zero-order valence-corrected chi connectivity index (χ0v) is 8.14. The lowest BCUT2D eigenvalue weighted by atomic mass is 10.1. The van der Waals surface area contributed by atoms with Gasteiger partial charge in [-0.3, -0.25) is 0 Å². The average molecular weight is 182 g/mol. The molecule has 0 aliphatic heterocycles. The minimum atomic E-state index is -0.639. The summed E-state index contributed by atoms with van der Waals surface area (Å²) in [6.45, 7) is 0. The van der Waals surface area contributed by atoms with Crippen molar-refractivity contribution in [1.82, 2.24) is 0 Å². The molecule has 0 bridgehead atoms. The van der Waals surface area contributed by atoms with E-state index in [0.717, 1.165) is 18.6 Å². The van der Waals surface area contributed by atoms with Crippen LogP contribution in [0, 0.1) is 0 Å². The standard InChI is InChI=1S/C10H14OS/c1-12(11)9-5-8-10-6-3-2-4-7-10/h2-4,6-7H,5,8-9H2,1H3. The third kappa shape index (κ3) is 3.79. The normalized spacial score (nSPS) is 12.8. The Morgan fingerprint density at radius 1 is 1.25 bits per heavy atom. The molecule has 1 rings (SSSR count). The molecule has 0 saturated carbocycles. The topological polar surface area (TPSA) is 23.1 Å². The fourth-order valence-corrected chi connectivity index (χ4v) is 1.68. The molecule has 0 aliphatic rings. The highest BCUT2D eigenvalue weighted by Crippen LogP contribution is 2.03. The second-order valence-electron chi connectivity index (χ2n) is 2.87. The van der Waals surface area contributed by atoms with Crippen LogP contribution < -0.4 is 0 Å². The van der Waals surface area contributed by atoms with Gasteiger partial charge in [-0.25, -0.2) is 0 Å². The molecule has 0 N–H and O–H groups in total. The SMILES string of the molecule is C[S+]([O-])CCCc1ccccc1. The van der Waals surface area contributed by atoms with Crippen molar-refractivity contribution >= 4 is 11.2 Å². The summed E-state index contributed by atoms with van der Waals surface area (Å²) in [6, 6.07) is 10.3. The molecule has 0 aliphatic carbocycles. The van der Waals surface area contributed by atoms with E-state index in [1.807, 2.05) is 18.2 Å². The van der Waals surface area contributed by atoms with E-state index in [1.54, 1.807) is 6.26 Å². The Kier molecular flexibility index (Phi) is 4.19. The maximum absolute atomic E-state index is 10.7. The van der Waals surface area contributed by atoms with Gasteiger partial charge < -0.3 is 4.55 Å². The molecule has 1 aromatic carbocycles. The van der Waals surface area contributed by atoms with Crippen molar-refractivity contribution in [3.05, 3.63) is 35.9 Å². The van der Waals surface area contributed by atoms with Gasteiger partial charge in [-0.1, -0.05) is 41.5 Å². The summed E-state index contributed by atoms with van der Waals surface area (Å²) in [5.41, 5.74) is 1.34. The van der Waals surface area contributed by atoms with Gasteiger partial charge in [0.2, 0.25) is 0 Å². The fraction of sp³-hybridized carbons (Fsp3) is 0.400. The Morgan fingerprint density at radius 3 is 2.50 bits per heavy atom. The van der Waals surface area contributed by atoms with Gasteiger partial charge in [0.05, 0.1) is 6.26 Å². The number of rotatable bonds is 4. The van der Waals surface area contributed by atoms with Gasteiger partial charge >= 0.3 is 0 Å². The summed E-state index contributed by atoms with van der Waals surface area (Å²) >= 11 is -0.639. The lowest BCUT2D eigenvalue weighted by Gasteiger charge is -2.04. The smallest absolute Gasteiger partial charge is 0.105 e. The first-order chi connectivity index (χ1) is 5.79. The van der Waals surface area contributed by atoms with Gasteiger partial charge in [-0.15, -0.1) is 0 Å². The largest absolute Gasteiger partial charge is 0.617 e. The Labute approximate surface area is 77.0 Å². The monoisotopic (exact) mass is 182 g/mol. The second-order valence-corrected chi connectivity index (χ2v) is 4.42. The van der Waals surface area contributed by atoms with Crippen LogP contribution in [0.15, 0.2) is 30.3 Å².